The van der Waals surface area contributed by atoms with Crippen molar-refractivity contribution in [1.82, 2.24) is 9.88 Å². The standard InChI is InChI=1S/C17H22N2O2S2/c1-3-4-15-18-13(10-23-15)17(21)19-7-5-12(14(20)9-19)16-11(2)6-8-22-16/h6,8,10,12,14,20H,3-5,7,9H2,1-2H3/t12-,14-/m1/s1. The summed E-state index contributed by atoms with van der Waals surface area (Å²) in [7, 11) is 0. The molecule has 1 fully saturated rings. The first-order chi connectivity index (χ1) is 11.1. The van der Waals surface area contributed by atoms with E-state index in [4.69, 9.17) is 0 Å². The second-order valence-corrected chi connectivity index (χ2v) is 7.95. The van der Waals surface area contributed by atoms with Crippen LogP contribution >= 0.6 is 22.7 Å². The van der Waals surface area contributed by atoms with E-state index in [0.29, 0.717) is 18.8 Å². The van der Waals surface area contributed by atoms with Crippen LogP contribution in [0.1, 0.15) is 51.6 Å². The van der Waals surface area contributed by atoms with Crippen molar-refractivity contribution >= 4 is 28.6 Å². The summed E-state index contributed by atoms with van der Waals surface area (Å²) in [6.45, 7) is 5.26. The number of aromatic nitrogens is 1. The highest BCUT2D eigenvalue weighted by molar-refractivity contribution is 7.10. The second-order valence-electron chi connectivity index (χ2n) is 6.06. The molecule has 0 saturated carbocycles. The summed E-state index contributed by atoms with van der Waals surface area (Å²) < 4.78 is 0. The maximum atomic E-state index is 12.6. The van der Waals surface area contributed by atoms with Crippen molar-refractivity contribution in [3.8, 4) is 0 Å². The number of aliphatic hydroxyl groups is 1. The van der Waals surface area contributed by atoms with Gasteiger partial charge >= 0.3 is 0 Å². The predicted molar refractivity (Wildman–Crippen MR) is 94.4 cm³/mol. The van der Waals surface area contributed by atoms with E-state index in [9.17, 15) is 9.90 Å². The van der Waals surface area contributed by atoms with Gasteiger partial charge in [-0.1, -0.05) is 6.92 Å². The summed E-state index contributed by atoms with van der Waals surface area (Å²) in [5, 5.41) is 15.4. The smallest absolute Gasteiger partial charge is 0.273 e. The normalized spacial score (nSPS) is 21.6. The van der Waals surface area contributed by atoms with Crippen LogP contribution in [0.4, 0.5) is 0 Å². The van der Waals surface area contributed by atoms with Crippen molar-refractivity contribution in [2.24, 2.45) is 0 Å². The van der Waals surface area contributed by atoms with E-state index >= 15 is 0 Å². The molecule has 0 spiro atoms. The van der Waals surface area contributed by atoms with Crippen LogP contribution in [0.3, 0.4) is 0 Å². The highest BCUT2D eigenvalue weighted by Gasteiger charge is 2.33. The van der Waals surface area contributed by atoms with Gasteiger partial charge in [0.15, 0.2) is 0 Å². The number of hydrogen-bond acceptors (Lipinski definition) is 5. The molecule has 2 atom stereocenters. The fourth-order valence-corrected chi connectivity index (χ4v) is 5.08. The molecule has 3 rings (SSSR count). The molecule has 3 heterocycles. The molecule has 6 heteroatoms. The van der Waals surface area contributed by atoms with Gasteiger partial charge in [0.25, 0.3) is 5.91 Å². The van der Waals surface area contributed by atoms with Crippen LogP contribution in [-0.2, 0) is 6.42 Å². The van der Waals surface area contributed by atoms with Crippen LogP contribution in [0.5, 0.6) is 0 Å². The Hall–Kier alpha value is -1.24. The Kier molecular flexibility index (Phi) is 5.14. The van der Waals surface area contributed by atoms with Crippen molar-refractivity contribution in [1.29, 1.82) is 0 Å². The van der Waals surface area contributed by atoms with E-state index in [1.54, 1.807) is 27.6 Å². The van der Waals surface area contributed by atoms with E-state index in [1.807, 2.05) is 5.38 Å². The number of hydrogen-bond donors (Lipinski definition) is 1. The molecular formula is C17H22N2O2S2. The lowest BCUT2D eigenvalue weighted by Gasteiger charge is -2.35. The SMILES string of the molecule is CCCc1nc(C(=O)N2CC[C@@H](c3sccc3C)[C@H](O)C2)cs1. The Labute approximate surface area is 144 Å². The van der Waals surface area contributed by atoms with E-state index in [1.165, 1.54) is 10.4 Å². The van der Waals surface area contributed by atoms with Gasteiger partial charge in [-0.15, -0.1) is 22.7 Å². The first-order valence-corrected chi connectivity index (χ1v) is 9.81. The first-order valence-electron chi connectivity index (χ1n) is 8.06. The number of piperidine rings is 1. The van der Waals surface area contributed by atoms with Crippen molar-refractivity contribution in [2.75, 3.05) is 13.1 Å². The molecule has 1 N–H and O–H groups in total. The van der Waals surface area contributed by atoms with Crippen molar-refractivity contribution in [3.63, 3.8) is 0 Å². The molecule has 1 aliphatic heterocycles. The molecule has 1 saturated heterocycles. The molecule has 2 aromatic rings. The highest BCUT2D eigenvalue weighted by atomic mass is 32.1. The number of nitrogens with zero attached hydrogens (tertiary/aromatic N) is 2. The number of thiazole rings is 1. The van der Waals surface area contributed by atoms with Crippen LogP contribution < -0.4 is 0 Å². The molecule has 0 radical (unpaired) electrons. The fraction of sp³-hybridized carbons (Fsp3) is 0.529. The fourth-order valence-electron chi connectivity index (χ4n) is 3.09. The lowest BCUT2D eigenvalue weighted by molar-refractivity contribution is 0.0383. The van der Waals surface area contributed by atoms with Crippen molar-refractivity contribution < 1.29 is 9.90 Å². The van der Waals surface area contributed by atoms with Gasteiger partial charge in [-0.05, 0) is 43.2 Å². The molecule has 0 unspecified atom stereocenters. The van der Waals surface area contributed by atoms with E-state index < -0.39 is 6.10 Å². The van der Waals surface area contributed by atoms with Crippen LogP contribution in [-0.4, -0.2) is 40.1 Å². The highest BCUT2D eigenvalue weighted by Crippen LogP contribution is 2.34. The Bertz CT molecular complexity index is 680. The van der Waals surface area contributed by atoms with Gasteiger partial charge in [-0.3, -0.25) is 4.79 Å². The zero-order chi connectivity index (χ0) is 16.4. The average Bonchev–Trinajstić information content (AvgIpc) is 3.16. The number of β-amino-alcohol motifs (C(OH)–C–C–N with tert-alkyl or cyclic N) is 1. The molecule has 0 aromatic carbocycles. The van der Waals surface area contributed by atoms with Crippen molar-refractivity contribution in [3.05, 3.63) is 38.0 Å². The van der Waals surface area contributed by atoms with Gasteiger partial charge in [0.2, 0.25) is 0 Å². The van der Waals surface area contributed by atoms with Gasteiger partial charge in [-0.2, -0.15) is 0 Å². The predicted octanol–water partition coefficient (Wildman–Crippen LogP) is 3.46. The summed E-state index contributed by atoms with van der Waals surface area (Å²) >= 11 is 3.25. The molecule has 124 valence electrons. The molecular weight excluding hydrogens is 328 g/mol. The second kappa shape index (κ2) is 7.11. The quantitative estimate of drug-likeness (QED) is 0.919. The maximum Gasteiger partial charge on any atom is 0.273 e. The molecule has 1 amide bonds. The number of carbonyl (C=O) groups is 1. The maximum absolute atomic E-state index is 12.6. The number of thiophene rings is 1. The summed E-state index contributed by atoms with van der Waals surface area (Å²) in [5.74, 6) is 0.0918. The third kappa shape index (κ3) is 3.49. The number of carbonyl (C=O) groups excluding carboxylic acids is 1. The molecule has 0 bridgehead atoms. The number of aliphatic hydroxyl groups excluding tert-OH is 1. The largest absolute Gasteiger partial charge is 0.391 e. The lowest BCUT2D eigenvalue weighted by atomic mass is 9.90. The van der Waals surface area contributed by atoms with E-state index in [-0.39, 0.29) is 11.8 Å². The third-order valence-electron chi connectivity index (χ3n) is 4.34. The Morgan fingerprint density at radius 2 is 2.30 bits per heavy atom. The minimum absolute atomic E-state index is 0.0518. The van der Waals surface area contributed by atoms with Crippen LogP contribution in [0.15, 0.2) is 16.8 Å². The van der Waals surface area contributed by atoms with Gasteiger partial charge in [0, 0.05) is 29.3 Å². The van der Waals surface area contributed by atoms with Crippen LogP contribution in [0.25, 0.3) is 0 Å². The number of likely N-dealkylation sites (tertiary alicyclic amines) is 1. The van der Waals surface area contributed by atoms with Gasteiger partial charge < -0.3 is 10.0 Å². The zero-order valence-corrected chi connectivity index (χ0v) is 15.1. The minimum atomic E-state index is -0.501. The Morgan fingerprint density at radius 1 is 1.48 bits per heavy atom. The van der Waals surface area contributed by atoms with Gasteiger partial charge in [-0.25, -0.2) is 4.98 Å². The summed E-state index contributed by atoms with van der Waals surface area (Å²) in [6.07, 6.45) is 2.25. The lowest BCUT2D eigenvalue weighted by Crippen LogP contribution is -2.45. The summed E-state index contributed by atoms with van der Waals surface area (Å²) in [5.41, 5.74) is 1.76. The number of aryl methyl sites for hydroxylation is 2. The molecule has 0 aliphatic carbocycles. The third-order valence-corrected chi connectivity index (χ3v) is 6.40. The molecule has 23 heavy (non-hydrogen) atoms. The van der Waals surface area contributed by atoms with E-state index in [0.717, 1.165) is 24.3 Å². The van der Waals surface area contributed by atoms with Crippen molar-refractivity contribution in [2.45, 2.75) is 45.1 Å². The minimum Gasteiger partial charge on any atom is -0.391 e. The van der Waals surface area contributed by atoms with Gasteiger partial charge in [0.05, 0.1) is 11.1 Å². The Morgan fingerprint density at radius 3 is 2.96 bits per heavy atom. The summed E-state index contributed by atoms with van der Waals surface area (Å²) in [6, 6.07) is 2.09. The number of rotatable bonds is 4. The summed E-state index contributed by atoms with van der Waals surface area (Å²) in [4.78, 5) is 20.0. The van der Waals surface area contributed by atoms with Gasteiger partial charge in [0.1, 0.15) is 5.69 Å². The van der Waals surface area contributed by atoms with E-state index in [2.05, 4.69) is 30.3 Å². The first kappa shape index (κ1) is 16.6. The Balaban J connectivity index is 1.67. The number of amides is 1. The molecule has 4 nitrogen and oxygen atoms in total. The zero-order valence-electron chi connectivity index (χ0n) is 13.5. The van der Waals surface area contributed by atoms with Crippen LogP contribution in [0, 0.1) is 6.92 Å². The average molecular weight is 351 g/mol. The molecule has 1 aliphatic rings. The topological polar surface area (TPSA) is 53.4 Å². The molecule has 2 aromatic heterocycles. The van der Waals surface area contributed by atoms with Crippen LogP contribution in [0.2, 0.25) is 0 Å². The monoisotopic (exact) mass is 350 g/mol.